The molecule has 0 aliphatic rings. The lowest BCUT2D eigenvalue weighted by molar-refractivity contribution is -0.0498. The number of alkyl halides is 2. The van der Waals surface area contributed by atoms with Crippen LogP contribution in [0.1, 0.15) is 24.0 Å². The Balaban J connectivity index is 2.82. The van der Waals surface area contributed by atoms with Crippen molar-refractivity contribution >= 4 is 11.6 Å². The topological polar surface area (TPSA) is 35.2 Å². The Morgan fingerprint density at radius 3 is 2.65 bits per heavy atom. The van der Waals surface area contributed by atoms with Crippen molar-refractivity contribution in [1.29, 1.82) is 0 Å². The number of benzene rings is 1. The minimum atomic E-state index is -2.86. The summed E-state index contributed by atoms with van der Waals surface area (Å²) in [6.45, 7) is -0.453. The largest absolute Gasteiger partial charge is 0.433 e. The lowest BCUT2D eigenvalue weighted by Crippen LogP contribution is -2.04. The number of rotatable bonds is 6. The quantitative estimate of drug-likeness (QED) is 0.797. The monoisotopic (exact) mass is 263 g/mol. The molecule has 0 aliphatic heterocycles. The van der Waals surface area contributed by atoms with Crippen molar-refractivity contribution < 1.29 is 13.5 Å². The van der Waals surface area contributed by atoms with E-state index in [0.29, 0.717) is 6.54 Å². The fraction of sp³-hybridized carbons (Fsp3) is 0.500. The van der Waals surface area contributed by atoms with Gasteiger partial charge >= 0.3 is 6.61 Å². The van der Waals surface area contributed by atoms with Crippen molar-refractivity contribution in [2.75, 3.05) is 6.54 Å². The molecule has 0 heterocycles. The maximum atomic E-state index is 12.2. The standard InChI is InChI=1S/C12H16ClF2NO/c1-8-6-9(4-2-3-5-16)7-10(11(8)13)17-12(14)15/h6-7,12H,2-5,16H2,1H3. The maximum Gasteiger partial charge on any atom is 0.387 e. The minimum Gasteiger partial charge on any atom is -0.433 e. The van der Waals surface area contributed by atoms with E-state index in [1.165, 1.54) is 0 Å². The van der Waals surface area contributed by atoms with E-state index in [1.807, 2.05) is 6.07 Å². The van der Waals surface area contributed by atoms with E-state index in [9.17, 15) is 8.78 Å². The van der Waals surface area contributed by atoms with Crippen molar-refractivity contribution in [1.82, 2.24) is 0 Å². The van der Waals surface area contributed by atoms with Crippen molar-refractivity contribution in [2.24, 2.45) is 5.73 Å². The summed E-state index contributed by atoms with van der Waals surface area (Å²) in [6, 6.07) is 3.45. The third kappa shape index (κ3) is 4.48. The molecule has 0 saturated heterocycles. The minimum absolute atomic E-state index is 0.0458. The van der Waals surface area contributed by atoms with Gasteiger partial charge in [0.15, 0.2) is 0 Å². The van der Waals surface area contributed by atoms with Crippen LogP contribution in [0.5, 0.6) is 5.75 Å². The number of nitrogens with two attached hydrogens (primary N) is 1. The lowest BCUT2D eigenvalue weighted by Gasteiger charge is -2.11. The lowest BCUT2D eigenvalue weighted by atomic mass is 10.1. The summed E-state index contributed by atoms with van der Waals surface area (Å²) >= 11 is 5.89. The zero-order valence-corrected chi connectivity index (χ0v) is 10.4. The highest BCUT2D eigenvalue weighted by Crippen LogP contribution is 2.31. The molecule has 0 amide bonds. The van der Waals surface area contributed by atoms with E-state index in [-0.39, 0.29) is 10.8 Å². The molecule has 2 N–H and O–H groups in total. The van der Waals surface area contributed by atoms with Gasteiger partial charge in [-0.3, -0.25) is 0 Å². The Kier molecular flexibility index (Phi) is 5.65. The van der Waals surface area contributed by atoms with E-state index in [1.54, 1.807) is 13.0 Å². The summed E-state index contributed by atoms with van der Waals surface area (Å²) in [7, 11) is 0. The van der Waals surface area contributed by atoms with E-state index >= 15 is 0 Å². The van der Waals surface area contributed by atoms with Crippen LogP contribution in [0.25, 0.3) is 0 Å². The molecule has 96 valence electrons. The first-order valence-corrected chi connectivity index (χ1v) is 5.86. The Labute approximate surface area is 105 Å². The van der Waals surface area contributed by atoms with Crippen LogP contribution in [0.2, 0.25) is 5.02 Å². The van der Waals surface area contributed by atoms with Gasteiger partial charge in [-0.1, -0.05) is 17.7 Å². The van der Waals surface area contributed by atoms with Crippen LogP contribution in [0.3, 0.4) is 0 Å². The molecule has 0 fully saturated rings. The maximum absolute atomic E-state index is 12.2. The van der Waals surface area contributed by atoms with Crippen molar-refractivity contribution in [3.05, 3.63) is 28.3 Å². The summed E-state index contributed by atoms with van der Waals surface area (Å²) in [5, 5.41) is 0.243. The predicted octanol–water partition coefficient (Wildman–Crippen LogP) is 3.53. The van der Waals surface area contributed by atoms with Gasteiger partial charge in [0.05, 0.1) is 5.02 Å². The molecule has 0 unspecified atom stereocenters. The molecule has 0 spiro atoms. The third-order valence-electron chi connectivity index (χ3n) is 2.42. The molecule has 0 bridgehead atoms. The Morgan fingerprint density at radius 1 is 1.35 bits per heavy atom. The zero-order chi connectivity index (χ0) is 12.8. The first-order chi connectivity index (χ1) is 8.04. The SMILES string of the molecule is Cc1cc(CCCCN)cc(OC(F)F)c1Cl. The second-order valence-electron chi connectivity index (χ2n) is 3.85. The number of aryl methyl sites for hydroxylation is 2. The van der Waals surface area contributed by atoms with Gasteiger partial charge in [0, 0.05) is 0 Å². The molecule has 1 aromatic carbocycles. The van der Waals surface area contributed by atoms with Crippen LogP contribution >= 0.6 is 11.6 Å². The number of hydrogen-bond donors (Lipinski definition) is 1. The molecule has 0 aromatic heterocycles. The fourth-order valence-electron chi connectivity index (χ4n) is 1.61. The highest BCUT2D eigenvalue weighted by Gasteiger charge is 2.11. The second-order valence-corrected chi connectivity index (χ2v) is 4.23. The molecule has 1 rings (SSSR count). The van der Waals surface area contributed by atoms with Crippen LogP contribution in [0, 0.1) is 6.92 Å². The van der Waals surface area contributed by atoms with Gasteiger partial charge in [-0.2, -0.15) is 8.78 Å². The molecule has 1 aromatic rings. The van der Waals surface area contributed by atoms with Gasteiger partial charge in [0.25, 0.3) is 0 Å². The number of unbranched alkanes of at least 4 members (excludes halogenated alkanes) is 1. The number of ether oxygens (including phenoxy) is 1. The molecule has 2 nitrogen and oxygen atoms in total. The molecular formula is C12H16ClF2NO. The molecule has 0 aliphatic carbocycles. The molecule has 17 heavy (non-hydrogen) atoms. The van der Waals surface area contributed by atoms with Gasteiger partial charge in [0.1, 0.15) is 5.75 Å². The highest BCUT2D eigenvalue weighted by molar-refractivity contribution is 6.32. The fourth-order valence-corrected chi connectivity index (χ4v) is 1.76. The van der Waals surface area contributed by atoms with Crippen molar-refractivity contribution in [3.63, 3.8) is 0 Å². The first kappa shape index (κ1) is 14.2. The van der Waals surface area contributed by atoms with E-state index in [0.717, 1.165) is 30.4 Å². The van der Waals surface area contributed by atoms with Crippen LogP contribution in [0.4, 0.5) is 8.78 Å². The van der Waals surface area contributed by atoms with Crippen LogP contribution in [0.15, 0.2) is 12.1 Å². The van der Waals surface area contributed by atoms with Gasteiger partial charge in [-0.25, -0.2) is 0 Å². The summed E-state index contributed by atoms with van der Waals surface area (Å²) in [4.78, 5) is 0. The summed E-state index contributed by atoms with van der Waals surface area (Å²) < 4.78 is 28.7. The van der Waals surface area contributed by atoms with Gasteiger partial charge < -0.3 is 10.5 Å². The highest BCUT2D eigenvalue weighted by atomic mass is 35.5. The van der Waals surface area contributed by atoms with Gasteiger partial charge in [-0.05, 0) is 49.9 Å². The van der Waals surface area contributed by atoms with Gasteiger partial charge in [0.2, 0.25) is 0 Å². The Hall–Kier alpha value is -0.870. The van der Waals surface area contributed by atoms with E-state index in [4.69, 9.17) is 17.3 Å². The van der Waals surface area contributed by atoms with Crippen LogP contribution in [-0.2, 0) is 6.42 Å². The first-order valence-electron chi connectivity index (χ1n) is 5.48. The van der Waals surface area contributed by atoms with Gasteiger partial charge in [-0.15, -0.1) is 0 Å². The average molecular weight is 264 g/mol. The molecular weight excluding hydrogens is 248 g/mol. The smallest absolute Gasteiger partial charge is 0.387 e. The van der Waals surface area contributed by atoms with Crippen LogP contribution < -0.4 is 10.5 Å². The molecule has 0 saturated carbocycles. The molecule has 0 radical (unpaired) electrons. The summed E-state index contributed by atoms with van der Waals surface area (Å²) in [5.41, 5.74) is 7.08. The average Bonchev–Trinajstić information content (AvgIpc) is 2.25. The predicted molar refractivity (Wildman–Crippen MR) is 64.8 cm³/mol. The number of halogens is 3. The molecule has 5 heteroatoms. The van der Waals surface area contributed by atoms with E-state index < -0.39 is 6.61 Å². The number of hydrogen-bond acceptors (Lipinski definition) is 2. The van der Waals surface area contributed by atoms with Crippen molar-refractivity contribution in [3.8, 4) is 5.75 Å². The zero-order valence-electron chi connectivity index (χ0n) is 9.68. The van der Waals surface area contributed by atoms with E-state index in [2.05, 4.69) is 4.74 Å². The van der Waals surface area contributed by atoms with Crippen LogP contribution in [-0.4, -0.2) is 13.2 Å². The van der Waals surface area contributed by atoms with Crippen molar-refractivity contribution in [2.45, 2.75) is 32.8 Å². The summed E-state index contributed by atoms with van der Waals surface area (Å²) in [6.07, 6.45) is 2.62. The summed E-state index contributed by atoms with van der Waals surface area (Å²) in [5.74, 6) is 0.0458. The second kappa shape index (κ2) is 6.77. The third-order valence-corrected chi connectivity index (χ3v) is 2.90. The Bertz CT molecular complexity index is 372. The normalized spacial score (nSPS) is 10.9. The Morgan fingerprint density at radius 2 is 2.06 bits per heavy atom. The molecule has 0 atom stereocenters.